The molecule has 18 heavy (non-hydrogen) atoms. The van der Waals surface area contributed by atoms with Crippen molar-refractivity contribution in [3.8, 4) is 0 Å². The zero-order chi connectivity index (χ0) is 14.0. The summed E-state index contributed by atoms with van der Waals surface area (Å²) >= 11 is 0. The molecule has 0 aliphatic rings. The van der Waals surface area contributed by atoms with Crippen LogP contribution in [0.2, 0.25) is 0 Å². The predicted molar refractivity (Wildman–Crippen MR) is 74.9 cm³/mol. The van der Waals surface area contributed by atoms with E-state index in [4.69, 9.17) is 5.73 Å². The van der Waals surface area contributed by atoms with E-state index in [9.17, 15) is 4.79 Å². The Hall–Kier alpha value is -1.29. The van der Waals surface area contributed by atoms with Gasteiger partial charge in [-0.15, -0.1) is 0 Å². The van der Waals surface area contributed by atoms with Crippen LogP contribution in [0.25, 0.3) is 0 Å². The number of likely N-dealkylation sites (N-methyl/N-ethyl adjacent to an activating group) is 1. The number of aromatic nitrogens is 1. The molecule has 1 unspecified atom stereocenters. The molecule has 0 aromatic carbocycles. The number of hydrogen-bond acceptors (Lipinski definition) is 2. The molecule has 0 radical (unpaired) electrons. The van der Waals surface area contributed by atoms with Crippen LogP contribution in [-0.4, -0.2) is 35.0 Å². The zero-order valence-corrected chi connectivity index (χ0v) is 12.3. The average molecular weight is 251 g/mol. The van der Waals surface area contributed by atoms with Gasteiger partial charge >= 0.3 is 0 Å². The van der Waals surface area contributed by atoms with Gasteiger partial charge in [0.1, 0.15) is 0 Å². The molecule has 1 amide bonds. The maximum Gasteiger partial charge on any atom is 0.255 e. The van der Waals surface area contributed by atoms with Gasteiger partial charge in [-0.25, -0.2) is 0 Å². The number of carbonyl (C=O) groups excluding carboxylic acids is 1. The van der Waals surface area contributed by atoms with Crippen molar-refractivity contribution in [1.82, 2.24) is 9.47 Å². The monoisotopic (exact) mass is 251 g/mol. The number of rotatable bonds is 4. The topological polar surface area (TPSA) is 51.3 Å². The number of hydrogen-bond donors (Lipinski definition) is 1. The third-order valence-electron chi connectivity index (χ3n) is 3.55. The van der Waals surface area contributed by atoms with Crippen molar-refractivity contribution >= 4 is 5.91 Å². The van der Waals surface area contributed by atoms with E-state index in [1.807, 2.05) is 26.8 Å². The Labute approximate surface area is 110 Å². The van der Waals surface area contributed by atoms with Gasteiger partial charge in [-0.1, -0.05) is 0 Å². The van der Waals surface area contributed by atoms with Crippen LogP contribution in [0.1, 0.15) is 48.6 Å². The lowest BCUT2D eigenvalue weighted by Gasteiger charge is -2.23. The van der Waals surface area contributed by atoms with E-state index < -0.39 is 0 Å². The molecule has 1 atom stereocenters. The molecule has 2 N–H and O–H groups in total. The van der Waals surface area contributed by atoms with Crippen LogP contribution in [0, 0.1) is 13.8 Å². The largest absolute Gasteiger partial charge is 0.346 e. The summed E-state index contributed by atoms with van der Waals surface area (Å²) in [7, 11) is 1.81. The van der Waals surface area contributed by atoms with Crippen molar-refractivity contribution in [3.05, 3.63) is 23.0 Å². The number of carbonyl (C=O) groups is 1. The molecule has 1 aromatic heterocycles. The highest BCUT2D eigenvalue weighted by Crippen LogP contribution is 2.21. The predicted octanol–water partition coefficient (Wildman–Crippen LogP) is 2.11. The van der Waals surface area contributed by atoms with E-state index >= 15 is 0 Å². The summed E-state index contributed by atoms with van der Waals surface area (Å²) in [4.78, 5) is 14.1. The average Bonchev–Trinajstić information content (AvgIpc) is 2.61. The third kappa shape index (κ3) is 2.58. The summed E-state index contributed by atoms with van der Waals surface area (Å²) in [6.07, 6.45) is 0. The fourth-order valence-electron chi connectivity index (χ4n) is 2.34. The van der Waals surface area contributed by atoms with Crippen LogP contribution in [0.3, 0.4) is 0 Å². The Morgan fingerprint density at radius 2 is 1.94 bits per heavy atom. The molecule has 102 valence electrons. The van der Waals surface area contributed by atoms with Gasteiger partial charge in [0.15, 0.2) is 0 Å². The first-order valence-corrected chi connectivity index (χ1v) is 6.46. The van der Waals surface area contributed by atoms with Crippen molar-refractivity contribution in [3.63, 3.8) is 0 Å². The Balaban J connectivity index is 3.12. The van der Waals surface area contributed by atoms with Gasteiger partial charge in [0.2, 0.25) is 0 Å². The van der Waals surface area contributed by atoms with E-state index in [-0.39, 0.29) is 11.9 Å². The Morgan fingerprint density at radius 1 is 1.39 bits per heavy atom. The maximum absolute atomic E-state index is 12.4. The first kappa shape index (κ1) is 14.8. The molecule has 0 aliphatic carbocycles. The molecular weight excluding hydrogens is 226 g/mol. The number of aryl methyl sites for hydroxylation is 1. The molecular formula is C14H25N3O. The second-order valence-electron chi connectivity index (χ2n) is 5.25. The second-order valence-corrected chi connectivity index (χ2v) is 5.25. The van der Waals surface area contributed by atoms with Gasteiger partial charge in [-0.2, -0.15) is 0 Å². The van der Waals surface area contributed by atoms with E-state index in [0.29, 0.717) is 12.6 Å². The SMILES string of the molecule is Cc1cc(C(=O)N(C)C(C)CN)c(C)n1C(C)C. The van der Waals surface area contributed by atoms with E-state index in [2.05, 4.69) is 18.4 Å². The first-order chi connectivity index (χ1) is 8.31. The van der Waals surface area contributed by atoms with Crippen molar-refractivity contribution < 1.29 is 4.79 Å². The van der Waals surface area contributed by atoms with Gasteiger partial charge in [-0.05, 0) is 40.7 Å². The Bertz CT molecular complexity index is 434. The fraction of sp³-hybridized carbons (Fsp3) is 0.643. The molecule has 4 nitrogen and oxygen atoms in total. The minimum Gasteiger partial charge on any atom is -0.346 e. The minimum absolute atomic E-state index is 0.0490. The second kappa shape index (κ2) is 5.57. The maximum atomic E-state index is 12.4. The summed E-state index contributed by atoms with van der Waals surface area (Å²) in [6.45, 7) is 10.7. The molecule has 0 spiro atoms. The lowest BCUT2D eigenvalue weighted by atomic mass is 10.2. The molecule has 0 bridgehead atoms. The van der Waals surface area contributed by atoms with Crippen LogP contribution in [0.15, 0.2) is 6.07 Å². The van der Waals surface area contributed by atoms with Crippen molar-refractivity contribution in [1.29, 1.82) is 0 Å². The van der Waals surface area contributed by atoms with Gasteiger partial charge in [0.25, 0.3) is 5.91 Å². The highest BCUT2D eigenvalue weighted by Gasteiger charge is 2.22. The number of nitrogens with zero attached hydrogens (tertiary/aromatic N) is 2. The number of nitrogens with two attached hydrogens (primary N) is 1. The molecule has 0 fully saturated rings. The summed E-state index contributed by atoms with van der Waals surface area (Å²) in [5.41, 5.74) is 8.55. The first-order valence-electron chi connectivity index (χ1n) is 6.46. The van der Waals surface area contributed by atoms with Crippen molar-refractivity contribution in [2.45, 2.75) is 46.7 Å². The number of amides is 1. The molecule has 0 saturated carbocycles. The van der Waals surface area contributed by atoms with E-state index in [1.165, 1.54) is 0 Å². The van der Waals surface area contributed by atoms with Crippen LogP contribution in [0.4, 0.5) is 0 Å². The lowest BCUT2D eigenvalue weighted by Crippen LogP contribution is -2.39. The molecule has 1 rings (SSSR count). The van der Waals surface area contributed by atoms with Crippen molar-refractivity contribution in [2.75, 3.05) is 13.6 Å². The highest BCUT2D eigenvalue weighted by atomic mass is 16.2. The summed E-state index contributed by atoms with van der Waals surface area (Å²) in [6, 6.07) is 2.39. The fourth-order valence-corrected chi connectivity index (χ4v) is 2.34. The molecule has 0 saturated heterocycles. The van der Waals surface area contributed by atoms with Gasteiger partial charge in [0.05, 0.1) is 5.56 Å². The molecule has 1 heterocycles. The summed E-state index contributed by atoms with van der Waals surface area (Å²) in [5.74, 6) is 0.0490. The third-order valence-corrected chi connectivity index (χ3v) is 3.55. The van der Waals surface area contributed by atoms with E-state index in [1.54, 1.807) is 11.9 Å². The smallest absolute Gasteiger partial charge is 0.255 e. The van der Waals surface area contributed by atoms with Gasteiger partial charge in [-0.3, -0.25) is 4.79 Å². The Morgan fingerprint density at radius 3 is 2.33 bits per heavy atom. The normalized spacial score (nSPS) is 12.9. The minimum atomic E-state index is 0.0490. The lowest BCUT2D eigenvalue weighted by molar-refractivity contribution is 0.0747. The summed E-state index contributed by atoms with van der Waals surface area (Å²) in [5, 5.41) is 0. The van der Waals surface area contributed by atoms with Gasteiger partial charge < -0.3 is 15.2 Å². The molecule has 4 heteroatoms. The van der Waals surface area contributed by atoms with Crippen LogP contribution in [-0.2, 0) is 0 Å². The van der Waals surface area contributed by atoms with Crippen LogP contribution >= 0.6 is 0 Å². The molecule has 1 aromatic rings. The molecule has 0 aliphatic heterocycles. The quantitative estimate of drug-likeness (QED) is 0.891. The van der Waals surface area contributed by atoms with E-state index in [0.717, 1.165) is 17.0 Å². The van der Waals surface area contributed by atoms with Crippen LogP contribution < -0.4 is 5.73 Å². The Kier molecular flexibility index (Phi) is 4.57. The zero-order valence-electron chi connectivity index (χ0n) is 12.3. The standard InChI is InChI=1S/C14H25N3O/c1-9(2)17-10(3)7-13(12(17)5)14(18)16(6)11(4)8-15/h7,9,11H,8,15H2,1-6H3. The summed E-state index contributed by atoms with van der Waals surface area (Å²) < 4.78 is 2.19. The van der Waals surface area contributed by atoms with Gasteiger partial charge in [0, 0.05) is 37.1 Å². The van der Waals surface area contributed by atoms with Crippen molar-refractivity contribution in [2.24, 2.45) is 5.73 Å². The van der Waals surface area contributed by atoms with Crippen LogP contribution in [0.5, 0.6) is 0 Å². The highest BCUT2D eigenvalue weighted by molar-refractivity contribution is 5.95.